The number of hydrogen-bond acceptors (Lipinski definition) is 9. The van der Waals surface area contributed by atoms with Gasteiger partial charge in [-0.2, -0.15) is 0 Å². The lowest BCUT2D eigenvalue weighted by molar-refractivity contribution is -0.150. The van der Waals surface area contributed by atoms with Crippen LogP contribution in [0.4, 0.5) is 0 Å². The van der Waals surface area contributed by atoms with Crippen molar-refractivity contribution in [2.24, 2.45) is 17.8 Å². The predicted molar refractivity (Wildman–Crippen MR) is 256 cm³/mol. The van der Waals surface area contributed by atoms with E-state index in [1.54, 1.807) is 0 Å². The first-order valence-electron chi connectivity index (χ1n) is 26.5. The van der Waals surface area contributed by atoms with Gasteiger partial charge in [-0.05, 0) is 77.3 Å². The van der Waals surface area contributed by atoms with Crippen LogP contribution in [0.25, 0.3) is 0 Å². The molecule has 0 aromatic rings. The van der Waals surface area contributed by atoms with Crippen molar-refractivity contribution >= 4 is 17.9 Å². The van der Waals surface area contributed by atoms with Gasteiger partial charge in [0.1, 0.15) is 6.61 Å². The zero-order chi connectivity index (χ0) is 44.6. The number of unbranched alkanes of at least 4 members (excludes halogenated alkanes) is 14. The Labute approximate surface area is 377 Å². The number of piperazine rings is 1. The summed E-state index contributed by atoms with van der Waals surface area (Å²) in [6, 6.07) is 0. The SMILES string of the molecule is CCCCCCC(CCCC)C(=O)OCCCCN(CCCCOC(=O)C(CCCC)CCCCCC)CCN1CCN(CCOC(=O)C(CCCC)CCCCCC)CC1. The molecule has 1 aliphatic rings. The lowest BCUT2D eigenvalue weighted by atomic mass is 9.95. The molecule has 0 amide bonds. The van der Waals surface area contributed by atoms with E-state index in [4.69, 9.17) is 14.2 Å². The molecular formula is C52H101N3O6. The van der Waals surface area contributed by atoms with Gasteiger partial charge < -0.3 is 19.1 Å². The molecular weight excluding hydrogens is 763 g/mol. The highest BCUT2D eigenvalue weighted by molar-refractivity contribution is 5.73. The van der Waals surface area contributed by atoms with E-state index >= 15 is 0 Å². The van der Waals surface area contributed by atoms with E-state index in [9.17, 15) is 14.4 Å². The van der Waals surface area contributed by atoms with Crippen LogP contribution in [0.1, 0.15) is 221 Å². The second-order valence-electron chi connectivity index (χ2n) is 18.5. The van der Waals surface area contributed by atoms with E-state index < -0.39 is 0 Å². The number of rotatable bonds is 43. The first-order valence-corrected chi connectivity index (χ1v) is 26.5. The van der Waals surface area contributed by atoms with Gasteiger partial charge in [-0.1, -0.05) is 157 Å². The van der Waals surface area contributed by atoms with Crippen LogP contribution in [0.5, 0.6) is 0 Å². The maximum atomic E-state index is 13.0. The van der Waals surface area contributed by atoms with Gasteiger partial charge in [0.25, 0.3) is 0 Å². The Hall–Kier alpha value is -1.71. The molecule has 3 atom stereocenters. The fourth-order valence-electron chi connectivity index (χ4n) is 8.65. The molecule has 61 heavy (non-hydrogen) atoms. The largest absolute Gasteiger partial charge is 0.465 e. The molecule has 1 saturated heterocycles. The van der Waals surface area contributed by atoms with Gasteiger partial charge in [0.05, 0.1) is 31.0 Å². The molecule has 0 spiro atoms. The van der Waals surface area contributed by atoms with E-state index in [0.29, 0.717) is 19.8 Å². The summed E-state index contributed by atoms with van der Waals surface area (Å²) in [5.74, 6) is 0.203. The quantitative estimate of drug-likeness (QED) is 0.0338. The van der Waals surface area contributed by atoms with Crippen molar-refractivity contribution < 1.29 is 28.6 Å². The highest BCUT2D eigenvalue weighted by Crippen LogP contribution is 2.22. The third kappa shape index (κ3) is 30.9. The summed E-state index contributed by atoms with van der Waals surface area (Å²) in [4.78, 5) is 46.6. The molecule has 0 bridgehead atoms. The Balaban J connectivity index is 2.62. The summed E-state index contributed by atoms with van der Waals surface area (Å²) < 4.78 is 17.6. The van der Waals surface area contributed by atoms with Crippen molar-refractivity contribution in [3.05, 3.63) is 0 Å². The lowest BCUT2D eigenvalue weighted by Gasteiger charge is -2.35. The molecule has 1 aliphatic heterocycles. The molecule has 360 valence electrons. The summed E-state index contributed by atoms with van der Waals surface area (Å²) in [6.07, 6.45) is 30.5. The van der Waals surface area contributed by atoms with Gasteiger partial charge in [-0.3, -0.25) is 24.2 Å². The third-order valence-corrected chi connectivity index (χ3v) is 13.0. The topological polar surface area (TPSA) is 88.6 Å². The Morgan fingerprint density at radius 2 is 0.705 bits per heavy atom. The van der Waals surface area contributed by atoms with E-state index in [-0.39, 0.29) is 35.7 Å². The fraction of sp³-hybridized carbons (Fsp3) is 0.942. The summed E-state index contributed by atoms with van der Waals surface area (Å²) in [6.45, 7) is 23.6. The number of hydrogen-bond donors (Lipinski definition) is 0. The minimum Gasteiger partial charge on any atom is -0.465 e. The average Bonchev–Trinajstić information content (AvgIpc) is 3.27. The molecule has 9 heteroatoms. The minimum absolute atomic E-state index is 0.0144. The molecule has 9 nitrogen and oxygen atoms in total. The molecule has 0 radical (unpaired) electrons. The van der Waals surface area contributed by atoms with Crippen LogP contribution in [-0.4, -0.2) is 111 Å². The van der Waals surface area contributed by atoms with E-state index in [1.165, 1.54) is 57.8 Å². The maximum Gasteiger partial charge on any atom is 0.308 e. The van der Waals surface area contributed by atoms with Gasteiger partial charge in [-0.15, -0.1) is 0 Å². The second-order valence-corrected chi connectivity index (χ2v) is 18.5. The van der Waals surface area contributed by atoms with Gasteiger partial charge in [-0.25, -0.2) is 0 Å². The highest BCUT2D eigenvalue weighted by atomic mass is 16.5. The number of nitrogens with zero attached hydrogens (tertiary/aromatic N) is 3. The molecule has 1 heterocycles. The highest BCUT2D eigenvalue weighted by Gasteiger charge is 2.23. The Kier molecular flexibility index (Phi) is 38.5. The van der Waals surface area contributed by atoms with E-state index in [2.05, 4.69) is 56.2 Å². The van der Waals surface area contributed by atoms with Crippen LogP contribution < -0.4 is 0 Å². The van der Waals surface area contributed by atoms with Gasteiger partial charge in [0.15, 0.2) is 0 Å². The van der Waals surface area contributed by atoms with Crippen LogP contribution in [0.3, 0.4) is 0 Å². The standard InChI is InChI=1S/C52H101N3O6/c1-7-13-19-22-32-47(29-16-10-4)50(56)59-44-27-25-35-53(36-26-28-45-60-51(57)48(30-17-11-5)33-23-20-14-8-2)37-38-54-39-41-55(42-40-54)43-46-61-52(58)49(31-18-12-6)34-24-21-15-9-3/h47-49H,7-46H2,1-6H3. The Bertz CT molecular complexity index is 975. The molecule has 0 aliphatic carbocycles. The smallest absolute Gasteiger partial charge is 0.308 e. The number of ether oxygens (including phenoxy) is 3. The molecule has 0 aromatic heterocycles. The van der Waals surface area contributed by atoms with Gasteiger partial charge in [0.2, 0.25) is 0 Å². The van der Waals surface area contributed by atoms with Crippen LogP contribution >= 0.6 is 0 Å². The van der Waals surface area contributed by atoms with Gasteiger partial charge >= 0.3 is 17.9 Å². The summed E-state index contributed by atoms with van der Waals surface area (Å²) in [5, 5.41) is 0. The number of esters is 3. The van der Waals surface area contributed by atoms with Crippen LogP contribution in [0.2, 0.25) is 0 Å². The van der Waals surface area contributed by atoms with Crippen molar-refractivity contribution in [1.82, 2.24) is 14.7 Å². The van der Waals surface area contributed by atoms with Crippen molar-refractivity contribution in [3.63, 3.8) is 0 Å². The Morgan fingerprint density at radius 3 is 1.07 bits per heavy atom. The first-order chi connectivity index (χ1) is 29.8. The zero-order valence-electron chi connectivity index (χ0n) is 41.3. The van der Waals surface area contributed by atoms with E-state index in [0.717, 1.165) is 181 Å². The zero-order valence-corrected chi connectivity index (χ0v) is 41.3. The second kappa shape index (κ2) is 41.0. The lowest BCUT2D eigenvalue weighted by Crippen LogP contribution is -2.49. The van der Waals surface area contributed by atoms with E-state index in [1.807, 2.05) is 0 Å². The molecule has 3 unspecified atom stereocenters. The summed E-state index contributed by atoms with van der Waals surface area (Å²) >= 11 is 0. The number of carbonyl (C=O) groups excluding carboxylic acids is 3. The van der Waals surface area contributed by atoms with Crippen LogP contribution in [-0.2, 0) is 28.6 Å². The molecule has 1 fully saturated rings. The third-order valence-electron chi connectivity index (χ3n) is 13.0. The minimum atomic E-state index is 0.0144. The summed E-state index contributed by atoms with van der Waals surface area (Å²) in [7, 11) is 0. The van der Waals surface area contributed by atoms with Crippen molar-refractivity contribution in [3.8, 4) is 0 Å². The first kappa shape index (κ1) is 57.3. The molecule has 1 rings (SSSR count). The van der Waals surface area contributed by atoms with Gasteiger partial charge in [0, 0.05) is 45.8 Å². The van der Waals surface area contributed by atoms with Crippen LogP contribution in [0, 0.1) is 17.8 Å². The monoisotopic (exact) mass is 864 g/mol. The maximum absolute atomic E-state index is 13.0. The van der Waals surface area contributed by atoms with Crippen LogP contribution in [0.15, 0.2) is 0 Å². The molecule has 0 aromatic carbocycles. The van der Waals surface area contributed by atoms with Crippen molar-refractivity contribution in [2.75, 3.05) is 78.7 Å². The average molecular weight is 864 g/mol. The van der Waals surface area contributed by atoms with Crippen molar-refractivity contribution in [1.29, 1.82) is 0 Å². The fourth-order valence-corrected chi connectivity index (χ4v) is 8.65. The summed E-state index contributed by atoms with van der Waals surface area (Å²) in [5.41, 5.74) is 0. The predicted octanol–water partition coefficient (Wildman–Crippen LogP) is 12.4. The van der Waals surface area contributed by atoms with Crippen molar-refractivity contribution in [2.45, 2.75) is 221 Å². The Morgan fingerprint density at radius 1 is 0.377 bits per heavy atom. The normalized spacial score (nSPS) is 15.2. The number of carbonyl (C=O) groups is 3. The molecule has 0 N–H and O–H groups in total. The molecule has 0 saturated carbocycles.